The Morgan fingerprint density at radius 2 is 2.00 bits per heavy atom. The highest BCUT2D eigenvalue weighted by Gasteiger charge is 2.10. The first-order valence-electron chi connectivity index (χ1n) is 3.82. The number of amides is 1. The lowest BCUT2D eigenvalue weighted by Gasteiger charge is -2.12. The third-order valence-electron chi connectivity index (χ3n) is 1.65. The lowest BCUT2D eigenvalue weighted by atomic mass is 10.1. The molecule has 1 aromatic rings. The van der Waals surface area contributed by atoms with Crippen LogP contribution in [0.3, 0.4) is 0 Å². The predicted molar refractivity (Wildman–Crippen MR) is 49.9 cm³/mol. The van der Waals surface area contributed by atoms with Gasteiger partial charge in [0.15, 0.2) is 0 Å². The first-order valence-corrected chi connectivity index (χ1v) is 3.82. The zero-order valence-electron chi connectivity index (χ0n) is 7.56. The van der Waals surface area contributed by atoms with Crippen LogP contribution < -0.4 is 0 Å². The van der Waals surface area contributed by atoms with E-state index in [1.54, 1.807) is 38.4 Å². The summed E-state index contributed by atoms with van der Waals surface area (Å²) < 4.78 is 0. The van der Waals surface area contributed by atoms with E-state index in [0.29, 0.717) is 11.3 Å². The summed E-state index contributed by atoms with van der Waals surface area (Å²) in [4.78, 5) is 12.9. The first-order chi connectivity index (χ1) is 6.16. The second kappa shape index (κ2) is 3.80. The van der Waals surface area contributed by atoms with Gasteiger partial charge in [-0.05, 0) is 12.1 Å². The maximum absolute atomic E-state index is 11.5. The molecule has 0 saturated heterocycles. The van der Waals surface area contributed by atoms with E-state index in [2.05, 4.69) is 5.11 Å². The van der Waals surface area contributed by atoms with Crippen LogP contribution in [-0.2, 0) is 0 Å². The average Bonchev–Trinajstić information content (AvgIpc) is 2.16. The van der Waals surface area contributed by atoms with Crippen LogP contribution in [0.15, 0.2) is 29.4 Å². The summed E-state index contributed by atoms with van der Waals surface area (Å²) in [5.41, 5.74) is 9.29. The van der Waals surface area contributed by atoms with Crippen molar-refractivity contribution in [1.29, 1.82) is 0 Å². The monoisotopic (exact) mass is 176 g/mol. The zero-order valence-corrected chi connectivity index (χ0v) is 7.56. The molecule has 0 aromatic heterocycles. The van der Waals surface area contributed by atoms with E-state index in [4.69, 9.17) is 5.53 Å². The quantitative estimate of drug-likeness (QED) is 0.636. The van der Waals surface area contributed by atoms with Crippen LogP contribution in [0, 0.1) is 0 Å². The summed E-state index contributed by atoms with van der Waals surface area (Å²) >= 11 is 0. The van der Waals surface area contributed by atoms with E-state index < -0.39 is 0 Å². The van der Waals surface area contributed by atoms with Crippen molar-refractivity contribution < 1.29 is 4.79 Å². The lowest BCUT2D eigenvalue weighted by Crippen LogP contribution is -2.21. The number of carbonyl (C=O) groups is 1. The summed E-state index contributed by atoms with van der Waals surface area (Å²) in [6.45, 7) is 0. The maximum Gasteiger partial charge on any atom is 0.255 e. The molecule has 1 aromatic carbocycles. The molecule has 13 heavy (non-hydrogen) atoms. The molecule has 0 bridgehead atoms. The van der Waals surface area contributed by atoms with Crippen molar-refractivity contribution in [2.45, 2.75) is 0 Å². The molecular weight excluding hydrogens is 166 g/mol. The van der Waals surface area contributed by atoms with Gasteiger partial charge in [0.1, 0.15) is 0 Å². The van der Waals surface area contributed by atoms with E-state index in [1.165, 1.54) is 4.90 Å². The van der Waals surface area contributed by atoms with E-state index >= 15 is 0 Å². The number of carbonyl (C=O) groups excluding carboxylic acids is 1. The van der Waals surface area contributed by atoms with Crippen LogP contribution in [0.5, 0.6) is 0 Å². The molecule has 0 atom stereocenters. The number of benzene rings is 1. The highest BCUT2D eigenvalue weighted by molar-refractivity contribution is 5.98. The molecule has 4 nitrogen and oxygen atoms in total. The smallest absolute Gasteiger partial charge is 0.255 e. The topological polar surface area (TPSA) is 55.0 Å². The van der Waals surface area contributed by atoms with Gasteiger partial charge in [-0.3, -0.25) is 4.79 Å². The number of rotatable bonds is 2. The van der Waals surface area contributed by atoms with Gasteiger partial charge in [0.25, 0.3) is 5.91 Å². The molecule has 0 aliphatic carbocycles. The van der Waals surface area contributed by atoms with Crippen molar-refractivity contribution >= 4 is 11.6 Å². The summed E-state index contributed by atoms with van der Waals surface area (Å²) in [5.74, 6) is -0.173. The van der Waals surface area contributed by atoms with E-state index in [-0.39, 0.29) is 5.91 Å². The fourth-order valence-corrected chi connectivity index (χ4v) is 0.983. The Labute approximate surface area is 76.7 Å². The Morgan fingerprint density at radius 3 is 2.54 bits per heavy atom. The summed E-state index contributed by atoms with van der Waals surface area (Å²) in [6.07, 6.45) is 0. The Hall–Kier alpha value is -1.71. The molecule has 68 valence electrons. The van der Waals surface area contributed by atoms with Gasteiger partial charge in [-0.1, -0.05) is 12.1 Å². The number of hydrogen-bond donors (Lipinski definition) is 0. The van der Waals surface area contributed by atoms with Crippen LogP contribution in [0.1, 0.15) is 10.4 Å². The van der Waals surface area contributed by atoms with Gasteiger partial charge in [-0.15, -0.1) is 0 Å². The Bertz CT molecular complexity index is 333. The van der Waals surface area contributed by atoms with Crippen LogP contribution in [0.25, 0.3) is 5.53 Å². The third-order valence-corrected chi connectivity index (χ3v) is 1.65. The molecule has 0 aliphatic rings. The Morgan fingerprint density at radius 1 is 1.38 bits per heavy atom. The van der Waals surface area contributed by atoms with Gasteiger partial charge < -0.3 is 15.5 Å². The first kappa shape index (κ1) is 9.38. The van der Waals surface area contributed by atoms with Crippen LogP contribution >= 0.6 is 0 Å². The number of hydrogen-bond acceptors (Lipinski definition) is 2. The van der Waals surface area contributed by atoms with Crippen molar-refractivity contribution in [1.82, 2.24) is 4.90 Å². The number of nitrogens with zero attached hydrogens (tertiary/aromatic N) is 3. The van der Waals surface area contributed by atoms with Crippen molar-refractivity contribution in [3.05, 3.63) is 35.4 Å². The zero-order chi connectivity index (χ0) is 9.84. The predicted octanol–water partition coefficient (Wildman–Crippen LogP) is 2.04. The molecular formula is C9H10N3O-. The second-order valence-corrected chi connectivity index (χ2v) is 2.82. The van der Waals surface area contributed by atoms with Gasteiger partial charge in [0.2, 0.25) is 0 Å². The van der Waals surface area contributed by atoms with Gasteiger partial charge in [0, 0.05) is 14.1 Å². The van der Waals surface area contributed by atoms with Crippen molar-refractivity contribution in [2.24, 2.45) is 5.11 Å². The Balaban J connectivity index is 3.13. The molecule has 1 rings (SSSR count). The SMILES string of the molecule is CN(C)C(=O)c1ccccc1N=[N-]. The van der Waals surface area contributed by atoms with Gasteiger partial charge >= 0.3 is 0 Å². The van der Waals surface area contributed by atoms with Gasteiger partial charge in [0.05, 0.1) is 11.3 Å². The molecule has 0 unspecified atom stereocenters. The average molecular weight is 176 g/mol. The lowest BCUT2D eigenvalue weighted by molar-refractivity contribution is 0.0828. The largest absolute Gasteiger partial charge is 0.706 e. The molecule has 0 aliphatic heterocycles. The van der Waals surface area contributed by atoms with E-state index in [9.17, 15) is 4.79 Å². The Kier molecular flexibility index (Phi) is 2.74. The highest BCUT2D eigenvalue weighted by atomic mass is 16.2. The van der Waals surface area contributed by atoms with Crippen LogP contribution in [-0.4, -0.2) is 24.9 Å². The third kappa shape index (κ3) is 1.90. The molecule has 0 heterocycles. The van der Waals surface area contributed by atoms with Gasteiger partial charge in [-0.25, -0.2) is 0 Å². The molecule has 0 saturated carbocycles. The van der Waals surface area contributed by atoms with E-state index in [0.717, 1.165) is 0 Å². The second-order valence-electron chi connectivity index (χ2n) is 2.82. The summed E-state index contributed by atoms with van der Waals surface area (Å²) in [5, 5.41) is 3.03. The highest BCUT2D eigenvalue weighted by Crippen LogP contribution is 2.19. The minimum Gasteiger partial charge on any atom is -0.706 e. The molecule has 0 radical (unpaired) electrons. The minimum atomic E-state index is -0.173. The summed E-state index contributed by atoms with van der Waals surface area (Å²) in [6, 6.07) is 6.64. The van der Waals surface area contributed by atoms with Crippen molar-refractivity contribution in [2.75, 3.05) is 14.1 Å². The molecule has 1 amide bonds. The van der Waals surface area contributed by atoms with Crippen LogP contribution in [0.2, 0.25) is 0 Å². The van der Waals surface area contributed by atoms with E-state index in [1.807, 2.05) is 0 Å². The maximum atomic E-state index is 11.5. The minimum absolute atomic E-state index is 0.173. The van der Waals surface area contributed by atoms with Crippen LogP contribution in [0.4, 0.5) is 5.69 Å². The fourth-order valence-electron chi connectivity index (χ4n) is 0.983. The summed E-state index contributed by atoms with van der Waals surface area (Å²) in [7, 11) is 3.30. The fraction of sp³-hybridized carbons (Fsp3) is 0.222. The molecule has 4 heteroatoms. The standard InChI is InChI=1S/C9H10N3O/c1-12(2)9(13)7-5-3-4-6-8(7)11-10/h3-6H,1-2H3/q-1. The molecule has 0 spiro atoms. The molecule has 0 fully saturated rings. The van der Waals surface area contributed by atoms with Crippen molar-refractivity contribution in [3.8, 4) is 0 Å². The van der Waals surface area contributed by atoms with Crippen molar-refractivity contribution in [3.63, 3.8) is 0 Å². The molecule has 0 N–H and O–H groups in total. The van der Waals surface area contributed by atoms with Gasteiger partial charge in [-0.2, -0.15) is 0 Å². The normalized spacial score (nSPS) is 9.38.